The molecule has 1 amide bonds. The second kappa shape index (κ2) is 6.23. The van der Waals surface area contributed by atoms with Crippen molar-refractivity contribution < 1.29 is 17.9 Å². The number of nitrogens with zero attached hydrogens (tertiary/aromatic N) is 2. The van der Waals surface area contributed by atoms with Gasteiger partial charge in [-0.05, 0) is 24.6 Å². The maximum absolute atomic E-state index is 13.2. The van der Waals surface area contributed by atoms with Crippen LogP contribution in [0, 0.1) is 0 Å². The molecule has 2 fully saturated rings. The Morgan fingerprint density at radius 1 is 1.36 bits per heavy atom. The number of hydrogen-bond acceptors (Lipinski definition) is 5. The van der Waals surface area contributed by atoms with E-state index in [0.29, 0.717) is 29.1 Å². The van der Waals surface area contributed by atoms with Gasteiger partial charge in [0.1, 0.15) is 5.25 Å². The fraction of sp³-hybridized carbons (Fsp3) is 0.412. The van der Waals surface area contributed by atoms with Gasteiger partial charge in [0.2, 0.25) is 0 Å². The lowest BCUT2D eigenvalue weighted by molar-refractivity contribution is 0.0295. The van der Waals surface area contributed by atoms with E-state index in [9.17, 15) is 13.2 Å². The zero-order valence-corrected chi connectivity index (χ0v) is 15.0. The van der Waals surface area contributed by atoms with Gasteiger partial charge in [0, 0.05) is 29.8 Å². The zero-order chi connectivity index (χ0) is 17.6. The highest BCUT2D eigenvalue weighted by atomic mass is 35.5. The largest absolute Gasteiger partial charge is 0.380 e. The zero-order valence-electron chi connectivity index (χ0n) is 13.4. The Morgan fingerprint density at radius 3 is 3.04 bits per heavy atom. The molecule has 3 heterocycles. The van der Waals surface area contributed by atoms with E-state index in [4.69, 9.17) is 16.3 Å². The van der Waals surface area contributed by atoms with Gasteiger partial charge in [-0.2, -0.15) is 0 Å². The van der Waals surface area contributed by atoms with Gasteiger partial charge in [0.25, 0.3) is 5.91 Å². The molecule has 0 unspecified atom stereocenters. The highest BCUT2D eigenvalue weighted by molar-refractivity contribution is 7.92. The number of halogens is 1. The van der Waals surface area contributed by atoms with Crippen LogP contribution in [0.25, 0.3) is 10.9 Å². The number of sulfone groups is 1. The molecule has 0 aliphatic carbocycles. The molecular weight excluding hydrogens is 364 g/mol. The third kappa shape index (κ3) is 2.90. The number of rotatable bonds is 1. The summed E-state index contributed by atoms with van der Waals surface area (Å²) in [6.07, 6.45) is 2.15. The molecule has 1 aromatic carbocycles. The van der Waals surface area contributed by atoms with E-state index in [0.717, 1.165) is 5.39 Å². The first-order chi connectivity index (χ1) is 12.0. The SMILES string of the molecule is O=C(c1cc(Cl)cc2cccnc12)N1CCS(=O)(=O)[C@H]2COCC[C@H]21. The number of carbonyl (C=O) groups is 1. The minimum absolute atomic E-state index is 0.0464. The molecule has 4 rings (SSSR count). The monoisotopic (exact) mass is 380 g/mol. The molecule has 132 valence electrons. The molecule has 6 nitrogen and oxygen atoms in total. The minimum atomic E-state index is -3.24. The quantitative estimate of drug-likeness (QED) is 0.755. The molecule has 2 aromatic rings. The summed E-state index contributed by atoms with van der Waals surface area (Å²) in [4.78, 5) is 19.2. The van der Waals surface area contributed by atoms with E-state index in [1.807, 2.05) is 6.07 Å². The first-order valence-corrected chi connectivity index (χ1v) is 10.2. The number of carbonyl (C=O) groups excluding carboxylic acids is 1. The minimum Gasteiger partial charge on any atom is -0.380 e. The maximum atomic E-state index is 13.2. The van der Waals surface area contributed by atoms with Crippen molar-refractivity contribution in [1.29, 1.82) is 0 Å². The van der Waals surface area contributed by atoms with Crippen molar-refractivity contribution in [2.45, 2.75) is 17.7 Å². The summed E-state index contributed by atoms with van der Waals surface area (Å²) in [6.45, 7) is 0.781. The lowest BCUT2D eigenvalue weighted by Gasteiger charge is -2.43. The molecular formula is C17H17ClN2O4S. The molecule has 2 saturated heterocycles. The molecule has 2 aliphatic rings. The molecule has 0 saturated carbocycles. The standard InChI is InChI=1S/C17H17ClN2O4S/c18-12-8-11-2-1-4-19-16(11)13(9-12)17(21)20-5-7-25(22,23)15-10-24-6-3-14(15)20/h1-2,4,8-9,14-15H,3,5-7,10H2/t14-,15+/m1/s1. The van der Waals surface area contributed by atoms with Crippen molar-refractivity contribution in [2.24, 2.45) is 0 Å². The lowest BCUT2D eigenvalue weighted by Crippen LogP contribution is -2.60. The normalized spacial score (nSPS) is 25.6. The lowest BCUT2D eigenvalue weighted by atomic mass is 10.0. The number of ether oxygens (including phenoxy) is 1. The van der Waals surface area contributed by atoms with Crippen LogP contribution in [0.15, 0.2) is 30.5 Å². The van der Waals surface area contributed by atoms with Crippen molar-refractivity contribution in [1.82, 2.24) is 9.88 Å². The fourth-order valence-electron chi connectivity index (χ4n) is 3.67. The Kier molecular flexibility index (Phi) is 4.17. The van der Waals surface area contributed by atoms with Gasteiger partial charge < -0.3 is 9.64 Å². The van der Waals surface area contributed by atoms with Gasteiger partial charge in [-0.25, -0.2) is 8.42 Å². The topological polar surface area (TPSA) is 76.6 Å². The van der Waals surface area contributed by atoms with Crippen molar-refractivity contribution in [2.75, 3.05) is 25.5 Å². The number of aromatic nitrogens is 1. The first kappa shape index (κ1) is 16.8. The first-order valence-electron chi connectivity index (χ1n) is 8.12. The Labute approximate surface area is 150 Å². The van der Waals surface area contributed by atoms with Crippen molar-refractivity contribution in [3.05, 3.63) is 41.0 Å². The molecule has 2 atom stereocenters. The third-order valence-corrected chi connectivity index (χ3v) is 7.25. The highest BCUT2D eigenvalue weighted by Crippen LogP contribution is 2.30. The second-order valence-electron chi connectivity index (χ2n) is 6.36. The molecule has 2 aliphatic heterocycles. The second-order valence-corrected chi connectivity index (χ2v) is 9.14. The Morgan fingerprint density at radius 2 is 2.20 bits per heavy atom. The highest BCUT2D eigenvalue weighted by Gasteiger charge is 2.45. The summed E-state index contributed by atoms with van der Waals surface area (Å²) >= 11 is 6.18. The molecule has 0 bridgehead atoms. The van der Waals surface area contributed by atoms with E-state index in [-0.39, 0.29) is 30.9 Å². The molecule has 8 heteroatoms. The van der Waals surface area contributed by atoms with Gasteiger partial charge in [-0.1, -0.05) is 17.7 Å². The summed E-state index contributed by atoms with van der Waals surface area (Å²) in [5.74, 6) is -0.271. The maximum Gasteiger partial charge on any atom is 0.256 e. The number of pyridine rings is 1. The van der Waals surface area contributed by atoms with Crippen LogP contribution in [0.5, 0.6) is 0 Å². The fourth-order valence-corrected chi connectivity index (χ4v) is 5.71. The van der Waals surface area contributed by atoms with Gasteiger partial charge in [0.05, 0.1) is 29.5 Å². The van der Waals surface area contributed by atoms with E-state index in [1.165, 1.54) is 0 Å². The van der Waals surface area contributed by atoms with Gasteiger partial charge in [0.15, 0.2) is 9.84 Å². The molecule has 1 aromatic heterocycles. The Hall–Kier alpha value is -1.70. The van der Waals surface area contributed by atoms with E-state index < -0.39 is 15.1 Å². The summed E-state index contributed by atoms with van der Waals surface area (Å²) < 4.78 is 30.0. The summed E-state index contributed by atoms with van der Waals surface area (Å²) in [6, 6.07) is 6.64. The van der Waals surface area contributed by atoms with Crippen molar-refractivity contribution in [3.63, 3.8) is 0 Å². The average molecular weight is 381 g/mol. The van der Waals surface area contributed by atoms with Gasteiger partial charge in [-0.3, -0.25) is 9.78 Å². The van der Waals surface area contributed by atoms with E-state index in [1.54, 1.807) is 29.3 Å². The van der Waals surface area contributed by atoms with Gasteiger partial charge >= 0.3 is 0 Å². The number of fused-ring (bicyclic) bond motifs is 2. The van der Waals surface area contributed by atoms with E-state index in [2.05, 4.69) is 4.98 Å². The smallest absolute Gasteiger partial charge is 0.256 e. The van der Waals surface area contributed by atoms with Crippen LogP contribution in [-0.2, 0) is 14.6 Å². The molecule has 0 radical (unpaired) electrons. The predicted molar refractivity (Wildman–Crippen MR) is 94.6 cm³/mol. The summed E-state index contributed by atoms with van der Waals surface area (Å²) in [5.41, 5.74) is 0.988. The van der Waals surface area contributed by atoms with Crippen LogP contribution in [0.1, 0.15) is 16.8 Å². The van der Waals surface area contributed by atoms with Crippen molar-refractivity contribution >= 4 is 38.2 Å². The summed E-state index contributed by atoms with van der Waals surface area (Å²) in [7, 11) is -3.24. The van der Waals surface area contributed by atoms with Crippen LogP contribution in [-0.4, -0.2) is 61.0 Å². The van der Waals surface area contributed by atoms with E-state index >= 15 is 0 Å². The summed E-state index contributed by atoms with van der Waals surface area (Å²) in [5, 5.41) is 0.584. The third-order valence-electron chi connectivity index (χ3n) is 4.91. The van der Waals surface area contributed by atoms with Crippen LogP contribution in [0.4, 0.5) is 0 Å². The Balaban J connectivity index is 1.76. The van der Waals surface area contributed by atoms with Crippen molar-refractivity contribution in [3.8, 4) is 0 Å². The molecule has 0 spiro atoms. The van der Waals surface area contributed by atoms with Crippen LogP contribution < -0.4 is 0 Å². The average Bonchev–Trinajstić information content (AvgIpc) is 2.61. The predicted octanol–water partition coefficient (Wildman–Crippen LogP) is 1.92. The van der Waals surface area contributed by atoms with Crippen LogP contribution in [0.2, 0.25) is 5.02 Å². The number of hydrogen-bond donors (Lipinski definition) is 0. The van der Waals surface area contributed by atoms with Gasteiger partial charge in [-0.15, -0.1) is 0 Å². The molecule has 0 N–H and O–H groups in total. The molecule has 25 heavy (non-hydrogen) atoms. The number of benzene rings is 1. The Bertz CT molecular complexity index is 947. The number of amides is 1. The van der Waals surface area contributed by atoms with Crippen LogP contribution >= 0.6 is 11.6 Å². The van der Waals surface area contributed by atoms with Crippen LogP contribution in [0.3, 0.4) is 0 Å².